The Labute approximate surface area is 183 Å². The number of anilines is 2. The van der Waals surface area contributed by atoms with Crippen LogP contribution in [0.2, 0.25) is 10.0 Å². The minimum absolute atomic E-state index is 0.0547. The van der Waals surface area contributed by atoms with Gasteiger partial charge < -0.3 is 19.7 Å². The molecule has 0 aliphatic carbocycles. The third kappa shape index (κ3) is 3.17. The molecule has 2 aromatic heterocycles. The highest BCUT2D eigenvalue weighted by Crippen LogP contribution is 2.44. The Morgan fingerprint density at radius 3 is 2.80 bits per heavy atom. The molecule has 0 saturated carbocycles. The van der Waals surface area contributed by atoms with E-state index in [2.05, 4.69) is 15.0 Å². The fourth-order valence-electron chi connectivity index (χ4n) is 3.68. The summed E-state index contributed by atoms with van der Waals surface area (Å²) < 4.78 is 6.09. The van der Waals surface area contributed by atoms with Crippen LogP contribution in [-0.4, -0.2) is 39.3 Å². The van der Waals surface area contributed by atoms with Crippen LogP contribution in [0, 0.1) is 6.92 Å². The van der Waals surface area contributed by atoms with Crippen LogP contribution >= 0.6 is 23.2 Å². The number of benzene rings is 2. The molecule has 0 fully saturated rings. The van der Waals surface area contributed by atoms with Gasteiger partial charge in [0, 0.05) is 6.20 Å². The van der Waals surface area contributed by atoms with Crippen molar-refractivity contribution in [1.29, 1.82) is 0 Å². The van der Waals surface area contributed by atoms with Crippen molar-refractivity contribution in [3.8, 4) is 17.1 Å². The maximum absolute atomic E-state index is 9.94. The second kappa shape index (κ2) is 7.47. The molecule has 30 heavy (non-hydrogen) atoms. The zero-order valence-electron chi connectivity index (χ0n) is 16.1. The minimum Gasteiger partial charge on any atom is -0.488 e. The van der Waals surface area contributed by atoms with E-state index in [-0.39, 0.29) is 12.6 Å². The maximum Gasteiger partial charge on any atom is 0.154 e. The third-order valence-corrected chi connectivity index (χ3v) is 5.89. The quantitative estimate of drug-likeness (QED) is 0.461. The van der Waals surface area contributed by atoms with Gasteiger partial charge in [-0.1, -0.05) is 35.3 Å². The molecule has 0 spiro atoms. The van der Waals surface area contributed by atoms with Crippen LogP contribution in [0.25, 0.3) is 22.4 Å². The summed E-state index contributed by atoms with van der Waals surface area (Å²) in [6.07, 6.45) is 1.81. The third-order valence-electron chi connectivity index (χ3n) is 5.17. The Kier molecular flexibility index (Phi) is 4.77. The Bertz CT molecular complexity index is 1200. The van der Waals surface area contributed by atoms with Crippen LogP contribution in [0.5, 0.6) is 5.75 Å². The second-order valence-corrected chi connectivity index (χ2v) is 8.05. The standard InChI is InChI=1S/C22H18Cl2N4O2/c1-12-5-6-20(25-9-12)28-13(10-29)11-30-21-14(3-2-4-19(21)28)22-26-17-7-15(23)16(24)8-18(17)27-22/h2-9,13,29H,10-11H2,1H3,(H,26,27)/t13-/m0/s1. The number of para-hydroxylation sites is 1. The fourth-order valence-corrected chi connectivity index (χ4v) is 4.00. The molecule has 4 aromatic rings. The number of halogens is 2. The lowest BCUT2D eigenvalue weighted by Gasteiger charge is -2.37. The smallest absolute Gasteiger partial charge is 0.154 e. The fraction of sp³-hybridized carbons (Fsp3) is 0.182. The SMILES string of the molecule is Cc1ccc(N2c3cccc(-c4nc5cc(Cl)c(Cl)cc5[nH]4)c3OC[C@@H]2CO)nc1. The minimum atomic E-state index is -0.240. The summed E-state index contributed by atoms with van der Waals surface area (Å²) >= 11 is 12.3. The lowest BCUT2D eigenvalue weighted by molar-refractivity contribution is 0.195. The van der Waals surface area contributed by atoms with Crippen LogP contribution in [0.1, 0.15) is 5.56 Å². The van der Waals surface area contributed by atoms with E-state index in [1.807, 2.05) is 48.4 Å². The van der Waals surface area contributed by atoms with Gasteiger partial charge in [0.25, 0.3) is 0 Å². The second-order valence-electron chi connectivity index (χ2n) is 7.23. The summed E-state index contributed by atoms with van der Waals surface area (Å²) in [6.45, 7) is 2.26. The van der Waals surface area contributed by atoms with Crippen molar-refractivity contribution < 1.29 is 9.84 Å². The van der Waals surface area contributed by atoms with Gasteiger partial charge in [-0.25, -0.2) is 9.97 Å². The summed E-state index contributed by atoms with van der Waals surface area (Å²) in [5, 5.41) is 10.9. The van der Waals surface area contributed by atoms with Gasteiger partial charge in [0.05, 0.1) is 45.0 Å². The topological polar surface area (TPSA) is 74.3 Å². The number of nitrogens with zero attached hydrogens (tertiary/aromatic N) is 3. The largest absolute Gasteiger partial charge is 0.488 e. The molecule has 0 bridgehead atoms. The van der Waals surface area contributed by atoms with Crippen LogP contribution in [0.4, 0.5) is 11.5 Å². The number of imidazole rings is 1. The molecule has 0 amide bonds. The predicted octanol–water partition coefficient (Wildman–Crippen LogP) is 5.13. The lowest BCUT2D eigenvalue weighted by atomic mass is 10.1. The molecule has 2 N–H and O–H groups in total. The molecule has 6 nitrogen and oxygen atoms in total. The van der Waals surface area contributed by atoms with Crippen molar-refractivity contribution in [1.82, 2.24) is 15.0 Å². The van der Waals surface area contributed by atoms with Crippen molar-refractivity contribution in [2.75, 3.05) is 18.1 Å². The molecule has 152 valence electrons. The lowest BCUT2D eigenvalue weighted by Crippen LogP contribution is -2.43. The number of H-pyrrole nitrogens is 1. The molecular formula is C22H18Cl2N4O2. The van der Waals surface area contributed by atoms with Crippen molar-refractivity contribution in [2.24, 2.45) is 0 Å². The number of hydrogen-bond acceptors (Lipinski definition) is 5. The highest BCUT2D eigenvalue weighted by molar-refractivity contribution is 6.42. The summed E-state index contributed by atoms with van der Waals surface area (Å²) in [5.74, 6) is 2.09. The van der Waals surface area contributed by atoms with Crippen molar-refractivity contribution in [3.05, 3.63) is 64.3 Å². The van der Waals surface area contributed by atoms with E-state index in [4.69, 9.17) is 27.9 Å². The Balaban J connectivity index is 1.65. The number of aromatic nitrogens is 3. The number of aliphatic hydroxyl groups excluding tert-OH is 1. The normalized spacial score (nSPS) is 15.9. The summed E-state index contributed by atoms with van der Waals surface area (Å²) in [5.41, 5.74) is 4.22. The Morgan fingerprint density at radius 2 is 2.03 bits per heavy atom. The van der Waals surface area contributed by atoms with Gasteiger partial charge in [-0.15, -0.1) is 0 Å². The summed E-state index contributed by atoms with van der Waals surface area (Å²) in [6, 6.07) is 13.0. The molecule has 1 atom stereocenters. The first kappa shape index (κ1) is 19.2. The van der Waals surface area contributed by atoms with Crippen molar-refractivity contribution >= 4 is 45.7 Å². The van der Waals surface area contributed by atoms with E-state index >= 15 is 0 Å². The zero-order chi connectivity index (χ0) is 20.8. The number of aromatic amines is 1. The number of aryl methyl sites for hydroxylation is 1. The van der Waals surface area contributed by atoms with Gasteiger partial charge in [0.1, 0.15) is 18.2 Å². The number of fused-ring (bicyclic) bond motifs is 2. The Hall–Kier alpha value is -2.80. The Morgan fingerprint density at radius 1 is 1.20 bits per heavy atom. The molecule has 8 heteroatoms. The molecule has 1 aliphatic heterocycles. The van der Waals surface area contributed by atoms with Gasteiger partial charge in [-0.2, -0.15) is 0 Å². The number of hydrogen-bond donors (Lipinski definition) is 2. The van der Waals surface area contributed by atoms with E-state index in [9.17, 15) is 5.11 Å². The van der Waals surface area contributed by atoms with E-state index in [0.717, 1.165) is 33.7 Å². The predicted molar refractivity (Wildman–Crippen MR) is 119 cm³/mol. The average Bonchev–Trinajstić information content (AvgIpc) is 3.16. The summed E-state index contributed by atoms with van der Waals surface area (Å²) in [4.78, 5) is 14.6. The van der Waals surface area contributed by atoms with Crippen LogP contribution in [0.3, 0.4) is 0 Å². The highest BCUT2D eigenvalue weighted by atomic mass is 35.5. The molecule has 0 unspecified atom stereocenters. The number of aliphatic hydroxyl groups is 1. The number of nitrogens with one attached hydrogen (secondary N) is 1. The van der Waals surface area contributed by atoms with Crippen LogP contribution < -0.4 is 9.64 Å². The molecular weight excluding hydrogens is 423 g/mol. The van der Waals surface area contributed by atoms with Gasteiger partial charge >= 0.3 is 0 Å². The average molecular weight is 441 g/mol. The first-order valence-corrected chi connectivity index (χ1v) is 10.2. The van der Waals surface area contributed by atoms with Crippen molar-refractivity contribution in [2.45, 2.75) is 13.0 Å². The number of rotatable bonds is 3. The van der Waals surface area contributed by atoms with Crippen molar-refractivity contribution in [3.63, 3.8) is 0 Å². The first-order chi connectivity index (χ1) is 14.5. The van der Waals surface area contributed by atoms with Crippen LogP contribution in [-0.2, 0) is 0 Å². The summed E-state index contributed by atoms with van der Waals surface area (Å²) in [7, 11) is 0. The maximum atomic E-state index is 9.94. The monoisotopic (exact) mass is 440 g/mol. The first-order valence-electron chi connectivity index (χ1n) is 9.49. The van der Waals surface area contributed by atoms with E-state index < -0.39 is 0 Å². The van der Waals surface area contributed by atoms with Gasteiger partial charge in [-0.05, 0) is 42.8 Å². The number of pyridine rings is 1. The zero-order valence-corrected chi connectivity index (χ0v) is 17.6. The molecule has 5 rings (SSSR count). The van der Waals surface area contributed by atoms with E-state index in [0.29, 0.717) is 28.2 Å². The van der Waals surface area contributed by atoms with Gasteiger partial charge in [0.2, 0.25) is 0 Å². The molecule has 0 saturated heterocycles. The molecule has 0 radical (unpaired) electrons. The molecule has 3 heterocycles. The molecule has 2 aromatic carbocycles. The van der Waals surface area contributed by atoms with E-state index in [1.54, 1.807) is 12.1 Å². The molecule has 1 aliphatic rings. The number of ether oxygens (including phenoxy) is 1. The van der Waals surface area contributed by atoms with Gasteiger partial charge in [0.15, 0.2) is 5.75 Å². The van der Waals surface area contributed by atoms with E-state index in [1.165, 1.54) is 0 Å². The highest BCUT2D eigenvalue weighted by Gasteiger charge is 2.31. The van der Waals surface area contributed by atoms with Gasteiger partial charge in [-0.3, -0.25) is 0 Å². The van der Waals surface area contributed by atoms with Crippen LogP contribution in [0.15, 0.2) is 48.7 Å².